The molecule has 102 valence electrons. The molecule has 5 nitrogen and oxygen atoms in total. The number of ether oxygens (including phenoxy) is 2. The van der Waals surface area contributed by atoms with Crippen molar-refractivity contribution in [2.45, 2.75) is 13.8 Å². The molecule has 0 amide bonds. The number of aliphatic hydroxyl groups excluding tert-OH is 1. The third kappa shape index (κ3) is 4.13. The quantitative estimate of drug-likeness (QED) is 0.289. The highest BCUT2D eigenvalue weighted by Gasteiger charge is 2.20. The lowest BCUT2D eigenvalue weighted by Gasteiger charge is -2.08. The van der Waals surface area contributed by atoms with E-state index in [9.17, 15) is 14.7 Å². The molecule has 0 aliphatic heterocycles. The van der Waals surface area contributed by atoms with Crippen molar-refractivity contribution in [3.8, 4) is 5.75 Å². The van der Waals surface area contributed by atoms with Crippen LogP contribution >= 0.6 is 0 Å². The number of hydrogen-bond donors (Lipinski definition) is 1. The summed E-state index contributed by atoms with van der Waals surface area (Å²) < 4.78 is 9.71. The summed E-state index contributed by atoms with van der Waals surface area (Å²) in [5.41, 5.74) is 0.681. The maximum atomic E-state index is 11.3. The van der Waals surface area contributed by atoms with Crippen LogP contribution in [0.15, 0.2) is 35.6 Å². The van der Waals surface area contributed by atoms with Crippen LogP contribution in [0.2, 0.25) is 0 Å². The molecule has 1 rings (SSSR count). The first-order valence-electron chi connectivity index (χ1n) is 5.66. The van der Waals surface area contributed by atoms with Gasteiger partial charge in [0.05, 0.1) is 7.11 Å². The third-order valence-electron chi connectivity index (χ3n) is 2.43. The van der Waals surface area contributed by atoms with Crippen molar-refractivity contribution in [3.05, 3.63) is 41.2 Å². The number of methoxy groups -OCH3 is 1. The molecule has 0 radical (unpaired) electrons. The van der Waals surface area contributed by atoms with Gasteiger partial charge in [-0.25, -0.2) is 4.79 Å². The first-order valence-corrected chi connectivity index (χ1v) is 5.66. The predicted octanol–water partition coefficient (Wildman–Crippen LogP) is 1.95. The number of hydrogen-bond acceptors (Lipinski definition) is 5. The van der Waals surface area contributed by atoms with E-state index in [4.69, 9.17) is 4.74 Å². The van der Waals surface area contributed by atoms with E-state index in [0.717, 1.165) is 12.7 Å². The van der Waals surface area contributed by atoms with Crippen LogP contribution in [0.5, 0.6) is 5.75 Å². The Bertz CT molecular complexity index is 499. The van der Waals surface area contributed by atoms with Crippen LogP contribution in [0.4, 0.5) is 0 Å². The Morgan fingerprint density at radius 2 is 1.79 bits per heavy atom. The number of esters is 1. The van der Waals surface area contributed by atoms with Crippen molar-refractivity contribution in [2.75, 3.05) is 13.7 Å². The fourth-order valence-corrected chi connectivity index (χ4v) is 1.43. The molecular weight excluding hydrogens is 248 g/mol. The fraction of sp³-hybridized carbons (Fsp3) is 0.286. The standard InChI is InChI=1S/C14H16O5/c1-9-4-6-11(7-5-9)19-8-12(16)13(10(2)15)14(17)18-3/h4-7,16H,8H2,1-3H3/b13-12+. The minimum absolute atomic E-state index is 0.271. The molecule has 0 heterocycles. The Hall–Kier alpha value is -2.30. The first kappa shape index (κ1) is 14.8. The summed E-state index contributed by atoms with van der Waals surface area (Å²) >= 11 is 0. The van der Waals surface area contributed by atoms with E-state index in [1.54, 1.807) is 12.1 Å². The molecule has 5 heteroatoms. The van der Waals surface area contributed by atoms with Crippen molar-refractivity contribution in [1.29, 1.82) is 0 Å². The zero-order valence-corrected chi connectivity index (χ0v) is 11.1. The Morgan fingerprint density at radius 3 is 2.26 bits per heavy atom. The summed E-state index contributed by atoms with van der Waals surface area (Å²) in [6.45, 7) is 2.84. The second kappa shape index (κ2) is 6.58. The topological polar surface area (TPSA) is 72.8 Å². The van der Waals surface area contributed by atoms with Gasteiger partial charge in [-0.1, -0.05) is 17.7 Å². The Labute approximate surface area is 111 Å². The van der Waals surface area contributed by atoms with Crippen LogP contribution in [0.1, 0.15) is 12.5 Å². The lowest BCUT2D eigenvalue weighted by atomic mass is 10.1. The summed E-state index contributed by atoms with van der Waals surface area (Å²) in [7, 11) is 1.14. The number of Topliss-reactive ketones (excluding diaryl/α,β-unsaturated/α-hetero) is 1. The smallest absolute Gasteiger partial charge is 0.345 e. The van der Waals surface area contributed by atoms with E-state index < -0.39 is 23.1 Å². The molecule has 1 N–H and O–H groups in total. The van der Waals surface area contributed by atoms with Gasteiger partial charge in [0.25, 0.3) is 0 Å². The number of benzene rings is 1. The van der Waals surface area contributed by atoms with Crippen molar-refractivity contribution >= 4 is 11.8 Å². The molecule has 1 aromatic carbocycles. The number of aryl methyl sites for hydroxylation is 1. The molecule has 19 heavy (non-hydrogen) atoms. The van der Waals surface area contributed by atoms with Crippen LogP contribution in [0.25, 0.3) is 0 Å². The van der Waals surface area contributed by atoms with E-state index in [2.05, 4.69) is 4.74 Å². The molecule has 0 fully saturated rings. The average molecular weight is 264 g/mol. The fourth-order valence-electron chi connectivity index (χ4n) is 1.43. The lowest BCUT2D eigenvalue weighted by Crippen LogP contribution is -2.17. The normalized spacial score (nSPS) is 11.5. The number of carbonyl (C=O) groups excluding carboxylic acids is 2. The van der Waals surface area contributed by atoms with E-state index in [1.165, 1.54) is 6.92 Å². The predicted molar refractivity (Wildman–Crippen MR) is 69.0 cm³/mol. The van der Waals surface area contributed by atoms with Gasteiger partial charge in [-0.3, -0.25) is 4.79 Å². The summed E-state index contributed by atoms with van der Waals surface area (Å²) in [5, 5.41) is 9.73. The highest BCUT2D eigenvalue weighted by atomic mass is 16.5. The summed E-state index contributed by atoms with van der Waals surface area (Å²) in [5.74, 6) is -1.36. The molecule has 1 aromatic rings. The monoisotopic (exact) mass is 264 g/mol. The number of ketones is 1. The van der Waals surface area contributed by atoms with Crippen LogP contribution < -0.4 is 4.74 Å². The van der Waals surface area contributed by atoms with Crippen LogP contribution in [0.3, 0.4) is 0 Å². The van der Waals surface area contributed by atoms with Crippen LogP contribution in [0, 0.1) is 6.92 Å². The zero-order valence-electron chi connectivity index (χ0n) is 11.1. The van der Waals surface area contributed by atoms with Gasteiger partial charge in [0.1, 0.15) is 23.7 Å². The second-order valence-corrected chi connectivity index (χ2v) is 3.97. The largest absolute Gasteiger partial charge is 0.508 e. The zero-order chi connectivity index (χ0) is 14.4. The van der Waals surface area contributed by atoms with Crippen molar-refractivity contribution in [3.63, 3.8) is 0 Å². The van der Waals surface area contributed by atoms with Gasteiger partial charge in [0.2, 0.25) is 0 Å². The lowest BCUT2D eigenvalue weighted by molar-refractivity contribution is -0.137. The summed E-state index contributed by atoms with van der Waals surface area (Å²) in [6.07, 6.45) is 0. The van der Waals surface area contributed by atoms with Gasteiger partial charge in [-0.2, -0.15) is 0 Å². The molecule has 0 bridgehead atoms. The maximum Gasteiger partial charge on any atom is 0.345 e. The number of rotatable bonds is 5. The molecule has 0 saturated carbocycles. The van der Waals surface area contributed by atoms with Gasteiger partial charge in [0.15, 0.2) is 5.78 Å². The minimum Gasteiger partial charge on any atom is -0.508 e. The Morgan fingerprint density at radius 1 is 1.21 bits per heavy atom. The van der Waals surface area contributed by atoms with Crippen LogP contribution in [-0.4, -0.2) is 30.6 Å². The molecule has 0 atom stereocenters. The molecule has 0 aliphatic carbocycles. The number of aliphatic hydroxyl groups is 1. The third-order valence-corrected chi connectivity index (χ3v) is 2.43. The van der Waals surface area contributed by atoms with Crippen molar-refractivity contribution in [2.24, 2.45) is 0 Å². The van der Waals surface area contributed by atoms with Gasteiger partial charge < -0.3 is 14.6 Å². The van der Waals surface area contributed by atoms with Crippen LogP contribution in [-0.2, 0) is 14.3 Å². The molecule has 0 unspecified atom stereocenters. The molecule has 0 spiro atoms. The van der Waals surface area contributed by atoms with Crippen molar-refractivity contribution < 1.29 is 24.2 Å². The summed E-state index contributed by atoms with van der Waals surface area (Å²) in [4.78, 5) is 22.6. The van der Waals surface area contributed by atoms with Gasteiger partial charge in [-0.15, -0.1) is 0 Å². The van der Waals surface area contributed by atoms with E-state index >= 15 is 0 Å². The molecule has 0 aliphatic rings. The molecule has 0 saturated heterocycles. The Kier molecular flexibility index (Phi) is 5.11. The Balaban J connectivity index is 2.81. The molecule has 0 aromatic heterocycles. The summed E-state index contributed by atoms with van der Waals surface area (Å²) in [6, 6.07) is 7.16. The highest BCUT2D eigenvalue weighted by Crippen LogP contribution is 2.13. The van der Waals surface area contributed by atoms with E-state index in [-0.39, 0.29) is 6.61 Å². The maximum absolute atomic E-state index is 11.3. The highest BCUT2D eigenvalue weighted by molar-refractivity contribution is 6.16. The van der Waals surface area contributed by atoms with E-state index in [0.29, 0.717) is 5.75 Å². The SMILES string of the molecule is COC(=O)/C(C(C)=O)=C(/O)COc1ccc(C)cc1. The first-order chi connectivity index (χ1) is 8.95. The number of carbonyl (C=O) groups is 2. The van der Waals surface area contributed by atoms with E-state index in [1.807, 2.05) is 19.1 Å². The molecular formula is C14H16O5. The van der Waals surface area contributed by atoms with Gasteiger partial charge >= 0.3 is 5.97 Å². The van der Waals surface area contributed by atoms with Crippen molar-refractivity contribution in [1.82, 2.24) is 0 Å². The van der Waals surface area contributed by atoms with Gasteiger partial charge in [-0.05, 0) is 26.0 Å². The minimum atomic E-state index is -0.877. The second-order valence-electron chi connectivity index (χ2n) is 3.97. The average Bonchev–Trinajstić information content (AvgIpc) is 2.37. The van der Waals surface area contributed by atoms with Gasteiger partial charge in [0, 0.05) is 0 Å².